The van der Waals surface area contributed by atoms with Crippen LogP contribution in [0.25, 0.3) is 0 Å². The Kier molecular flexibility index (Phi) is 6.77. The molecular formula is C20H26FN3OS. The molecule has 26 heavy (non-hydrogen) atoms. The summed E-state index contributed by atoms with van der Waals surface area (Å²) in [7, 11) is 2.14. The van der Waals surface area contributed by atoms with Gasteiger partial charge in [-0.2, -0.15) is 0 Å². The van der Waals surface area contributed by atoms with Crippen molar-refractivity contribution in [3.8, 4) is 0 Å². The molecule has 0 saturated carbocycles. The zero-order chi connectivity index (χ0) is 18.4. The van der Waals surface area contributed by atoms with Gasteiger partial charge in [-0.1, -0.05) is 18.2 Å². The van der Waals surface area contributed by atoms with Crippen LogP contribution in [0.1, 0.15) is 22.9 Å². The Morgan fingerprint density at radius 3 is 2.73 bits per heavy atom. The molecular weight excluding hydrogens is 349 g/mol. The second-order valence-electron chi connectivity index (χ2n) is 6.80. The molecule has 1 atom stereocenters. The predicted octanol–water partition coefficient (Wildman–Crippen LogP) is 2.92. The van der Waals surface area contributed by atoms with Crippen LogP contribution in [0.2, 0.25) is 0 Å². The molecule has 1 aromatic heterocycles. The average molecular weight is 376 g/mol. The van der Waals surface area contributed by atoms with Crippen molar-refractivity contribution in [3.05, 3.63) is 58.0 Å². The summed E-state index contributed by atoms with van der Waals surface area (Å²) in [6.45, 7) is 4.74. The first kappa shape index (κ1) is 19.0. The number of benzene rings is 1. The molecule has 0 bridgehead atoms. The number of aryl methyl sites for hydroxylation is 1. The van der Waals surface area contributed by atoms with Crippen LogP contribution in [-0.2, 0) is 11.2 Å². The number of halogens is 1. The molecule has 1 aliphatic heterocycles. The first-order chi connectivity index (χ1) is 12.6. The summed E-state index contributed by atoms with van der Waals surface area (Å²) in [5.41, 5.74) is 0.856. The SMILES string of the molecule is CN1CCN(C(CNC(=O)CCc2cccc(F)c2)c2cccs2)CC1. The highest BCUT2D eigenvalue weighted by Crippen LogP contribution is 2.25. The highest BCUT2D eigenvalue weighted by atomic mass is 32.1. The Labute approximate surface area is 158 Å². The molecule has 2 aromatic rings. The van der Waals surface area contributed by atoms with E-state index in [1.807, 2.05) is 6.07 Å². The lowest BCUT2D eigenvalue weighted by Crippen LogP contribution is -2.48. The molecule has 2 heterocycles. The van der Waals surface area contributed by atoms with Crippen molar-refractivity contribution in [2.75, 3.05) is 39.8 Å². The smallest absolute Gasteiger partial charge is 0.220 e. The third kappa shape index (κ3) is 5.37. The van der Waals surface area contributed by atoms with Gasteiger partial charge in [0, 0.05) is 44.0 Å². The quantitative estimate of drug-likeness (QED) is 0.808. The molecule has 0 aliphatic carbocycles. The average Bonchev–Trinajstić information content (AvgIpc) is 3.16. The van der Waals surface area contributed by atoms with E-state index >= 15 is 0 Å². The molecule has 6 heteroatoms. The lowest BCUT2D eigenvalue weighted by Gasteiger charge is -2.37. The molecule has 1 N–H and O–H groups in total. The van der Waals surface area contributed by atoms with Crippen molar-refractivity contribution in [1.82, 2.24) is 15.1 Å². The molecule has 3 rings (SSSR count). The van der Waals surface area contributed by atoms with Crippen LogP contribution in [0.4, 0.5) is 4.39 Å². The first-order valence-electron chi connectivity index (χ1n) is 9.09. The third-order valence-electron chi connectivity index (χ3n) is 4.87. The van der Waals surface area contributed by atoms with Crippen LogP contribution in [0, 0.1) is 5.82 Å². The fraction of sp³-hybridized carbons (Fsp3) is 0.450. The summed E-state index contributed by atoms with van der Waals surface area (Å²) in [5, 5.41) is 5.17. The van der Waals surface area contributed by atoms with Crippen molar-refractivity contribution < 1.29 is 9.18 Å². The van der Waals surface area contributed by atoms with Gasteiger partial charge in [-0.25, -0.2) is 4.39 Å². The van der Waals surface area contributed by atoms with Crippen LogP contribution >= 0.6 is 11.3 Å². The molecule has 1 saturated heterocycles. The van der Waals surface area contributed by atoms with Gasteiger partial charge in [-0.15, -0.1) is 11.3 Å². The number of likely N-dealkylation sites (N-methyl/N-ethyl adjacent to an activating group) is 1. The number of carbonyl (C=O) groups is 1. The normalized spacial score (nSPS) is 17.2. The van der Waals surface area contributed by atoms with Crippen LogP contribution < -0.4 is 5.32 Å². The van der Waals surface area contributed by atoms with Crippen LogP contribution in [0.15, 0.2) is 41.8 Å². The van der Waals surface area contributed by atoms with E-state index in [9.17, 15) is 9.18 Å². The van der Waals surface area contributed by atoms with Gasteiger partial charge in [0.1, 0.15) is 5.82 Å². The lowest BCUT2D eigenvalue weighted by atomic mass is 10.1. The van der Waals surface area contributed by atoms with Gasteiger partial charge >= 0.3 is 0 Å². The van der Waals surface area contributed by atoms with E-state index in [4.69, 9.17) is 0 Å². The monoisotopic (exact) mass is 375 g/mol. The first-order valence-corrected chi connectivity index (χ1v) is 9.97. The summed E-state index contributed by atoms with van der Waals surface area (Å²) >= 11 is 1.74. The number of rotatable bonds is 7. The summed E-state index contributed by atoms with van der Waals surface area (Å²) in [6, 6.07) is 10.9. The Balaban J connectivity index is 1.53. The fourth-order valence-electron chi connectivity index (χ4n) is 3.27. The molecule has 1 aromatic carbocycles. The van der Waals surface area contributed by atoms with Gasteiger partial charge in [0.2, 0.25) is 5.91 Å². The standard InChI is InChI=1S/C20H26FN3OS/c1-23-9-11-24(12-10-23)18(19-6-3-13-26-19)15-22-20(25)8-7-16-4-2-5-17(21)14-16/h2-6,13-14,18H,7-12,15H2,1H3,(H,22,25). The van der Waals surface area contributed by atoms with Crippen LogP contribution in [-0.4, -0.2) is 55.5 Å². The van der Waals surface area contributed by atoms with Gasteiger partial charge in [0.05, 0.1) is 6.04 Å². The zero-order valence-corrected chi connectivity index (χ0v) is 16.0. The van der Waals surface area contributed by atoms with E-state index in [1.165, 1.54) is 17.0 Å². The van der Waals surface area contributed by atoms with E-state index in [0.29, 0.717) is 19.4 Å². The van der Waals surface area contributed by atoms with E-state index in [-0.39, 0.29) is 17.8 Å². The van der Waals surface area contributed by atoms with Crippen molar-refractivity contribution in [1.29, 1.82) is 0 Å². The molecule has 1 fully saturated rings. The zero-order valence-electron chi connectivity index (χ0n) is 15.2. The minimum absolute atomic E-state index is 0.0185. The van der Waals surface area contributed by atoms with Gasteiger partial charge in [-0.3, -0.25) is 9.69 Å². The summed E-state index contributed by atoms with van der Waals surface area (Å²) in [4.78, 5) is 18.4. The maximum absolute atomic E-state index is 13.2. The van der Waals surface area contributed by atoms with Crippen molar-refractivity contribution >= 4 is 17.2 Å². The largest absolute Gasteiger partial charge is 0.354 e. The summed E-state index contributed by atoms with van der Waals surface area (Å²) in [6.07, 6.45) is 0.936. The Morgan fingerprint density at radius 2 is 2.04 bits per heavy atom. The number of nitrogens with zero attached hydrogens (tertiary/aromatic N) is 2. The second-order valence-corrected chi connectivity index (χ2v) is 7.78. The molecule has 0 spiro atoms. The fourth-order valence-corrected chi connectivity index (χ4v) is 4.13. The van der Waals surface area contributed by atoms with E-state index in [1.54, 1.807) is 17.4 Å². The number of piperazine rings is 1. The topological polar surface area (TPSA) is 35.6 Å². The summed E-state index contributed by atoms with van der Waals surface area (Å²) in [5.74, 6) is -0.235. The number of thiophene rings is 1. The maximum Gasteiger partial charge on any atom is 0.220 e. The van der Waals surface area contributed by atoms with E-state index in [2.05, 4.69) is 39.7 Å². The number of hydrogen-bond donors (Lipinski definition) is 1. The Bertz CT molecular complexity index is 699. The third-order valence-corrected chi connectivity index (χ3v) is 5.85. The molecule has 1 unspecified atom stereocenters. The van der Waals surface area contributed by atoms with Gasteiger partial charge in [-0.05, 0) is 42.6 Å². The highest BCUT2D eigenvalue weighted by molar-refractivity contribution is 7.10. The van der Waals surface area contributed by atoms with Crippen molar-refractivity contribution in [2.45, 2.75) is 18.9 Å². The Morgan fingerprint density at radius 1 is 1.23 bits per heavy atom. The highest BCUT2D eigenvalue weighted by Gasteiger charge is 2.25. The lowest BCUT2D eigenvalue weighted by molar-refractivity contribution is -0.121. The van der Waals surface area contributed by atoms with Crippen LogP contribution in [0.5, 0.6) is 0 Å². The Hall–Kier alpha value is -1.76. The number of hydrogen-bond acceptors (Lipinski definition) is 4. The molecule has 140 valence electrons. The van der Waals surface area contributed by atoms with E-state index < -0.39 is 0 Å². The number of carbonyl (C=O) groups excluding carboxylic acids is 1. The number of amides is 1. The van der Waals surface area contributed by atoms with Gasteiger partial charge in [0.25, 0.3) is 0 Å². The number of nitrogens with one attached hydrogen (secondary N) is 1. The van der Waals surface area contributed by atoms with Crippen molar-refractivity contribution in [3.63, 3.8) is 0 Å². The molecule has 1 amide bonds. The minimum atomic E-state index is -0.254. The minimum Gasteiger partial charge on any atom is -0.354 e. The summed E-state index contributed by atoms with van der Waals surface area (Å²) < 4.78 is 13.2. The molecule has 4 nitrogen and oxygen atoms in total. The maximum atomic E-state index is 13.2. The van der Waals surface area contributed by atoms with Crippen molar-refractivity contribution in [2.24, 2.45) is 0 Å². The molecule has 0 radical (unpaired) electrons. The van der Waals surface area contributed by atoms with Gasteiger partial charge in [0.15, 0.2) is 0 Å². The van der Waals surface area contributed by atoms with Gasteiger partial charge < -0.3 is 10.2 Å². The molecule has 1 aliphatic rings. The second kappa shape index (κ2) is 9.26. The van der Waals surface area contributed by atoms with E-state index in [0.717, 1.165) is 31.7 Å². The predicted molar refractivity (Wildman–Crippen MR) is 104 cm³/mol. The van der Waals surface area contributed by atoms with Crippen LogP contribution in [0.3, 0.4) is 0 Å².